The molecule has 0 saturated heterocycles. The molecule has 2 aromatic heterocycles. The molecule has 2 heterocycles. The molecule has 0 bridgehead atoms. The number of para-hydroxylation sites is 1. The summed E-state index contributed by atoms with van der Waals surface area (Å²) >= 11 is 0. The highest BCUT2D eigenvalue weighted by molar-refractivity contribution is 6.12. The second-order valence-corrected chi connectivity index (χ2v) is 4.97. The van der Waals surface area contributed by atoms with Gasteiger partial charge in [-0.15, -0.1) is 0 Å². The topological polar surface area (TPSA) is 68.9 Å². The number of carboxylic acids is 1. The van der Waals surface area contributed by atoms with Gasteiger partial charge in [-0.05, 0) is 23.8 Å². The lowest BCUT2D eigenvalue weighted by atomic mass is 9.98. The Balaban J connectivity index is 2.16. The first-order valence-electron chi connectivity index (χ1n) is 6.66. The average Bonchev–Trinajstić information content (AvgIpc) is 3.11. The fourth-order valence-electron chi connectivity index (χ4n) is 2.89. The summed E-state index contributed by atoms with van der Waals surface area (Å²) in [5, 5.41) is 11.4. The minimum absolute atomic E-state index is 0.227. The van der Waals surface area contributed by atoms with Gasteiger partial charge in [0.25, 0.3) is 0 Å². The Morgan fingerprint density at radius 3 is 2.57 bits per heavy atom. The molecule has 0 spiro atoms. The van der Waals surface area contributed by atoms with E-state index >= 15 is 0 Å². The highest BCUT2D eigenvalue weighted by atomic mass is 16.4. The summed E-state index contributed by atoms with van der Waals surface area (Å²) in [5.41, 5.74) is 3.71. The molecule has 0 fully saturated rings. The molecule has 102 valence electrons. The highest BCUT2D eigenvalue weighted by Crippen LogP contribution is 2.36. The molecule has 0 saturated carbocycles. The number of carboxylic acid groups (broad SMARTS) is 1. The summed E-state index contributed by atoms with van der Waals surface area (Å²) in [6.45, 7) is 0. The summed E-state index contributed by atoms with van der Waals surface area (Å²) in [7, 11) is 0. The maximum Gasteiger partial charge on any atom is 0.352 e. The molecule has 0 amide bonds. The predicted molar refractivity (Wildman–Crippen MR) is 82.6 cm³/mol. The van der Waals surface area contributed by atoms with Crippen LogP contribution in [0, 0.1) is 0 Å². The summed E-state index contributed by atoms with van der Waals surface area (Å²) < 4.78 is 0. The molecule has 2 aromatic carbocycles. The maximum absolute atomic E-state index is 11.6. The van der Waals surface area contributed by atoms with Gasteiger partial charge in [0, 0.05) is 33.6 Å². The second-order valence-electron chi connectivity index (χ2n) is 4.97. The highest BCUT2D eigenvalue weighted by Gasteiger charge is 2.19. The first-order valence-corrected chi connectivity index (χ1v) is 6.66. The third-order valence-corrected chi connectivity index (χ3v) is 3.78. The van der Waals surface area contributed by atoms with Crippen molar-refractivity contribution in [2.75, 3.05) is 0 Å². The Morgan fingerprint density at radius 2 is 1.71 bits per heavy atom. The fourth-order valence-corrected chi connectivity index (χ4v) is 2.89. The van der Waals surface area contributed by atoms with Gasteiger partial charge in [0.15, 0.2) is 0 Å². The summed E-state index contributed by atoms with van der Waals surface area (Å²) in [5.74, 6) is -0.950. The minimum atomic E-state index is -0.950. The van der Waals surface area contributed by atoms with E-state index in [4.69, 9.17) is 0 Å². The van der Waals surface area contributed by atoms with Crippen molar-refractivity contribution in [3.63, 3.8) is 0 Å². The SMILES string of the molecule is O=C(O)c1[nH]c2ccccc2c1-c1cccc2[nH]ccc12. The van der Waals surface area contributed by atoms with Crippen molar-refractivity contribution in [3.8, 4) is 11.1 Å². The molecule has 4 heteroatoms. The van der Waals surface area contributed by atoms with Crippen molar-refractivity contribution in [2.24, 2.45) is 0 Å². The van der Waals surface area contributed by atoms with E-state index in [1.54, 1.807) is 0 Å². The summed E-state index contributed by atoms with van der Waals surface area (Å²) in [6, 6.07) is 15.5. The maximum atomic E-state index is 11.6. The van der Waals surface area contributed by atoms with E-state index in [2.05, 4.69) is 9.97 Å². The lowest BCUT2D eigenvalue weighted by Crippen LogP contribution is -1.98. The van der Waals surface area contributed by atoms with E-state index < -0.39 is 5.97 Å². The lowest BCUT2D eigenvalue weighted by Gasteiger charge is -2.04. The number of benzene rings is 2. The summed E-state index contributed by atoms with van der Waals surface area (Å²) in [4.78, 5) is 17.8. The molecule has 3 N–H and O–H groups in total. The van der Waals surface area contributed by atoms with Crippen molar-refractivity contribution < 1.29 is 9.90 Å². The van der Waals surface area contributed by atoms with Crippen molar-refractivity contribution in [1.29, 1.82) is 0 Å². The number of rotatable bonds is 2. The van der Waals surface area contributed by atoms with Gasteiger partial charge in [-0.25, -0.2) is 4.79 Å². The van der Waals surface area contributed by atoms with Crippen LogP contribution in [0.3, 0.4) is 0 Å². The van der Waals surface area contributed by atoms with E-state index in [1.807, 2.05) is 54.7 Å². The zero-order chi connectivity index (χ0) is 14.4. The van der Waals surface area contributed by atoms with Gasteiger partial charge in [0.1, 0.15) is 5.69 Å². The molecule has 0 aliphatic rings. The molecule has 0 unspecified atom stereocenters. The average molecular weight is 276 g/mol. The minimum Gasteiger partial charge on any atom is -0.477 e. The molecule has 0 atom stereocenters. The third kappa shape index (κ3) is 1.66. The molecule has 4 nitrogen and oxygen atoms in total. The van der Waals surface area contributed by atoms with Gasteiger partial charge in [-0.3, -0.25) is 0 Å². The van der Waals surface area contributed by atoms with Gasteiger partial charge >= 0.3 is 5.97 Å². The van der Waals surface area contributed by atoms with Crippen LogP contribution in [0.25, 0.3) is 32.9 Å². The van der Waals surface area contributed by atoms with Crippen LogP contribution in [-0.2, 0) is 0 Å². The fraction of sp³-hybridized carbons (Fsp3) is 0. The zero-order valence-corrected chi connectivity index (χ0v) is 11.1. The number of fused-ring (bicyclic) bond motifs is 2. The van der Waals surface area contributed by atoms with Gasteiger partial charge in [-0.2, -0.15) is 0 Å². The molecule has 0 radical (unpaired) electrons. The Hall–Kier alpha value is -3.01. The van der Waals surface area contributed by atoms with Crippen molar-refractivity contribution in [3.05, 3.63) is 60.4 Å². The monoisotopic (exact) mass is 276 g/mol. The quantitative estimate of drug-likeness (QED) is 0.517. The number of nitrogens with one attached hydrogen (secondary N) is 2. The number of aromatic nitrogens is 2. The van der Waals surface area contributed by atoms with Crippen LogP contribution in [0.5, 0.6) is 0 Å². The van der Waals surface area contributed by atoms with E-state index in [-0.39, 0.29) is 5.69 Å². The first-order chi connectivity index (χ1) is 10.3. The lowest BCUT2D eigenvalue weighted by molar-refractivity contribution is 0.0692. The van der Waals surface area contributed by atoms with Crippen LogP contribution < -0.4 is 0 Å². The third-order valence-electron chi connectivity index (χ3n) is 3.78. The van der Waals surface area contributed by atoms with Crippen LogP contribution in [0.15, 0.2) is 54.7 Å². The molecule has 4 aromatic rings. The Morgan fingerprint density at radius 1 is 0.905 bits per heavy atom. The number of hydrogen-bond donors (Lipinski definition) is 3. The molecule has 21 heavy (non-hydrogen) atoms. The van der Waals surface area contributed by atoms with E-state index in [1.165, 1.54) is 0 Å². The molecular formula is C17H12N2O2. The van der Waals surface area contributed by atoms with E-state index in [0.717, 1.165) is 32.9 Å². The normalized spacial score (nSPS) is 11.2. The van der Waals surface area contributed by atoms with Gasteiger partial charge < -0.3 is 15.1 Å². The smallest absolute Gasteiger partial charge is 0.352 e. The number of aromatic carboxylic acids is 1. The number of hydrogen-bond acceptors (Lipinski definition) is 1. The molecular weight excluding hydrogens is 264 g/mol. The Labute approximate surface area is 120 Å². The number of carbonyl (C=O) groups is 1. The largest absolute Gasteiger partial charge is 0.477 e. The van der Waals surface area contributed by atoms with Crippen LogP contribution in [-0.4, -0.2) is 21.0 Å². The Bertz CT molecular complexity index is 979. The summed E-state index contributed by atoms with van der Waals surface area (Å²) in [6.07, 6.45) is 1.86. The standard InChI is InChI=1S/C17H12N2O2/c20-17(21)16-15(12-4-1-2-6-14(12)19-16)11-5-3-7-13-10(11)8-9-18-13/h1-9,18-19H,(H,20,21). The number of aromatic amines is 2. The van der Waals surface area contributed by atoms with Crippen LogP contribution in [0.2, 0.25) is 0 Å². The zero-order valence-electron chi connectivity index (χ0n) is 11.1. The van der Waals surface area contributed by atoms with Crippen LogP contribution in [0.4, 0.5) is 0 Å². The molecule has 0 aliphatic heterocycles. The van der Waals surface area contributed by atoms with Crippen LogP contribution >= 0.6 is 0 Å². The van der Waals surface area contributed by atoms with Gasteiger partial charge in [0.2, 0.25) is 0 Å². The molecule has 0 aliphatic carbocycles. The number of H-pyrrole nitrogens is 2. The van der Waals surface area contributed by atoms with E-state index in [9.17, 15) is 9.90 Å². The van der Waals surface area contributed by atoms with Crippen molar-refractivity contribution in [1.82, 2.24) is 9.97 Å². The second kappa shape index (κ2) is 4.24. The van der Waals surface area contributed by atoms with Crippen molar-refractivity contribution >= 4 is 27.8 Å². The molecule has 4 rings (SSSR count). The van der Waals surface area contributed by atoms with Crippen LogP contribution in [0.1, 0.15) is 10.5 Å². The first kappa shape index (κ1) is 11.8. The Kier molecular flexibility index (Phi) is 2.38. The van der Waals surface area contributed by atoms with Gasteiger partial charge in [0.05, 0.1) is 0 Å². The predicted octanol–water partition coefficient (Wildman–Crippen LogP) is 4.01. The van der Waals surface area contributed by atoms with Crippen molar-refractivity contribution in [2.45, 2.75) is 0 Å². The van der Waals surface area contributed by atoms with E-state index in [0.29, 0.717) is 0 Å². The van der Waals surface area contributed by atoms with Gasteiger partial charge in [-0.1, -0.05) is 30.3 Å².